The smallest absolute Gasteiger partial charge is 0.0654 e. The predicted molar refractivity (Wildman–Crippen MR) is 89.8 cm³/mol. The third-order valence-corrected chi connectivity index (χ3v) is 6.21. The maximum absolute atomic E-state index is 2.32. The normalized spacial score (nSPS) is 11.3. The Bertz CT molecular complexity index is 133. The molecule has 110 valence electrons. The van der Waals surface area contributed by atoms with E-state index in [4.69, 9.17) is 0 Å². The lowest BCUT2D eigenvalue weighted by Crippen LogP contribution is -2.16. The van der Waals surface area contributed by atoms with Crippen LogP contribution in [0.1, 0.15) is 91.4 Å². The third-order valence-electron chi connectivity index (χ3n) is 3.61. The van der Waals surface area contributed by atoms with Crippen LogP contribution in [0, 0.1) is 0 Å². The van der Waals surface area contributed by atoms with E-state index in [2.05, 4.69) is 20.8 Å². The van der Waals surface area contributed by atoms with Gasteiger partial charge in [-0.3, -0.25) is 0 Å². The van der Waals surface area contributed by atoms with Crippen LogP contribution in [0.5, 0.6) is 0 Å². The number of hydrogen-bond donors (Lipinski definition) is 0. The Morgan fingerprint density at radius 1 is 0.444 bits per heavy atom. The summed E-state index contributed by atoms with van der Waals surface area (Å²) in [5.41, 5.74) is 0. The van der Waals surface area contributed by atoms with Gasteiger partial charge >= 0.3 is 0 Å². The fourth-order valence-electron chi connectivity index (χ4n) is 2.33. The Morgan fingerprint density at radius 2 is 0.778 bits per heavy atom. The summed E-state index contributed by atoms with van der Waals surface area (Å²) in [4.78, 5) is 0. The van der Waals surface area contributed by atoms with E-state index in [0.717, 1.165) is 10.9 Å². The summed E-state index contributed by atoms with van der Waals surface area (Å²) in [5, 5.41) is 0. The van der Waals surface area contributed by atoms with E-state index in [9.17, 15) is 0 Å². The largest absolute Gasteiger partial charge is 0.108 e. The highest BCUT2D eigenvalue weighted by Crippen LogP contribution is 2.12. The van der Waals surface area contributed by atoms with Crippen molar-refractivity contribution in [1.29, 1.82) is 0 Å². The molecule has 0 saturated carbocycles. The van der Waals surface area contributed by atoms with Gasteiger partial charge in [-0.1, -0.05) is 52.9 Å². The van der Waals surface area contributed by atoms with E-state index in [-0.39, 0.29) is 0 Å². The molecule has 0 N–H and O–H groups in total. The number of rotatable bonds is 14. The van der Waals surface area contributed by atoms with Crippen molar-refractivity contribution in [3.8, 4) is 0 Å². The van der Waals surface area contributed by atoms with Crippen molar-refractivity contribution in [3.05, 3.63) is 0 Å². The van der Waals surface area contributed by atoms with E-state index in [1.165, 1.54) is 87.9 Å². The molecule has 0 amide bonds. The van der Waals surface area contributed by atoms with E-state index in [1.807, 2.05) is 0 Å². The quantitative estimate of drug-likeness (QED) is 0.271. The van der Waals surface area contributed by atoms with Crippen LogP contribution in [-0.2, 0) is 10.9 Å². The van der Waals surface area contributed by atoms with Crippen LogP contribution in [0.25, 0.3) is 0 Å². The molecular weight excluding hydrogens is 236 g/mol. The first-order chi connectivity index (χ1) is 8.85. The van der Waals surface area contributed by atoms with Gasteiger partial charge in [-0.2, -0.15) is 0 Å². The van der Waals surface area contributed by atoms with Crippen molar-refractivity contribution < 1.29 is 0 Å². The van der Waals surface area contributed by atoms with Crippen molar-refractivity contribution in [1.82, 2.24) is 0 Å². The highest BCUT2D eigenvalue weighted by Gasteiger charge is 2.16. The summed E-state index contributed by atoms with van der Waals surface area (Å²) >= 11 is 0. The van der Waals surface area contributed by atoms with Crippen molar-refractivity contribution in [2.24, 2.45) is 0 Å². The molecule has 0 unspecified atom stereocenters. The maximum atomic E-state index is 2.32. The van der Waals surface area contributed by atoms with Crippen LogP contribution in [0.3, 0.4) is 0 Å². The molecule has 0 aromatic carbocycles. The van der Waals surface area contributed by atoms with Gasteiger partial charge in [0.25, 0.3) is 0 Å². The first-order valence-corrected chi connectivity index (χ1v) is 10.2. The Labute approximate surface area is 120 Å². The fourth-order valence-corrected chi connectivity index (χ4v) is 4.78. The molecule has 0 radical (unpaired) electrons. The first kappa shape index (κ1) is 18.4. The molecule has 0 spiro atoms. The zero-order valence-corrected chi connectivity index (χ0v) is 14.1. The van der Waals surface area contributed by atoms with E-state index < -0.39 is 0 Å². The molecule has 0 nitrogen and oxygen atoms in total. The molecule has 1 heteroatoms. The highest BCUT2D eigenvalue weighted by molar-refractivity contribution is 7.96. The van der Waals surface area contributed by atoms with Crippen LogP contribution in [0.4, 0.5) is 0 Å². The minimum atomic E-state index is 0.767. The molecule has 0 atom stereocenters. The lowest BCUT2D eigenvalue weighted by Gasteiger charge is -2.09. The van der Waals surface area contributed by atoms with Gasteiger partial charge in [-0.15, -0.1) is 0 Å². The van der Waals surface area contributed by atoms with Gasteiger partial charge in [-0.05, 0) is 49.4 Å². The first-order valence-electron chi connectivity index (χ1n) is 8.49. The molecule has 0 rings (SSSR count). The summed E-state index contributed by atoms with van der Waals surface area (Å²) in [6.07, 6.45) is 15.9. The summed E-state index contributed by atoms with van der Waals surface area (Å²) in [7, 11) is 0.767. The monoisotopic (exact) mass is 273 g/mol. The van der Waals surface area contributed by atoms with Crippen molar-refractivity contribution in [2.75, 3.05) is 17.3 Å². The molecule has 0 aliphatic carbocycles. The SMILES string of the molecule is CCCCCC[S+](CCCCC)CCCCCC. The zero-order valence-electron chi connectivity index (χ0n) is 13.3. The molecule has 0 aliphatic rings. The van der Waals surface area contributed by atoms with Crippen LogP contribution in [0.2, 0.25) is 0 Å². The standard InChI is InChI=1S/C17H37S/c1-4-7-10-13-16-18(15-12-9-6-3)17-14-11-8-5-2/h4-17H2,1-3H3/q+1. The van der Waals surface area contributed by atoms with Crippen LogP contribution < -0.4 is 0 Å². The average molecular weight is 274 g/mol. The van der Waals surface area contributed by atoms with Crippen molar-refractivity contribution in [3.63, 3.8) is 0 Å². The van der Waals surface area contributed by atoms with E-state index in [1.54, 1.807) is 0 Å². The van der Waals surface area contributed by atoms with Crippen LogP contribution >= 0.6 is 0 Å². The topological polar surface area (TPSA) is 0 Å². The van der Waals surface area contributed by atoms with E-state index >= 15 is 0 Å². The molecule has 0 aliphatic heterocycles. The Hall–Kier alpha value is 0.350. The van der Waals surface area contributed by atoms with Crippen LogP contribution in [-0.4, -0.2) is 17.3 Å². The van der Waals surface area contributed by atoms with Gasteiger partial charge in [0, 0.05) is 0 Å². The molecule has 0 aromatic heterocycles. The molecule has 0 aromatic rings. The van der Waals surface area contributed by atoms with Crippen molar-refractivity contribution in [2.45, 2.75) is 91.4 Å². The van der Waals surface area contributed by atoms with Crippen molar-refractivity contribution >= 4 is 10.9 Å². The number of hydrogen-bond acceptors (Lipinski definition) is 0. The predicted octanol–water partition coefficient (Wildman–Crippen LogP) is 5.96. The lowest BCUT2D eigenvalue weighted by molar-refractivity contribution is 0.695. The summed E-state index contributed by atoms with van der Waals surface area (Å²) < 4.78 is 0. The summed E-state index contributed by atoms with van der Waals surface area (Å²) in [6.45, 7) is 6.94. The Morgan fingerprint density at radius 3 is 1.17 bits per heavy atom. The molecule has 18 heavy (non-hydrogen) atoms. The fraction of sp³-hybridized carbons (Fsp3) is 1.00. The molecule has 0 fully saturated rings. The van der Waals surface area contributed by atoms with Gasteiger partial charge in [0.2, 0.25) is 0 Å². The highest BCUT2D eigenvalue weighted by atomic mass is 32.2. The minimum absolute atomic E-state index is 0.767. The zero-order chi connectivity index (χ0) is 13.5. The molecule has 0 bridgehead atoms. The average Bonchev–Trinajstić information content (AvgIpc) is 2.39. The van der Waals surface area contributed by atoms with Gasteiger partial charge in [0.1, 0.15) is 17.3 Å². The molecular formula is C17H37S+. The second-order valence-corrected chi connectivity index (χ2v) is 8.00. The summed E-state index contributed by atoms with van der Waals surface area (Å²) in [6, 6.07) is 0. The van der Waals surface area contributed by atoms with Gasteiger partial charge < -0.3 is 0 Å². The summed E-state index contributed by atoms with van der Waals surface area (Å²) in [5.74, 6) is 4.61. The van der Waals surface area contributed by atoms with Crippen LogP contribution in [0.15, 0.2) is 0 Å². The Balaban J connectivity index is 3.62. The number of unbranched alkanes of at least 4 members (excludes halogenated alkanes) is 8. The van der Waals surface area contributed by atoms with E-state index in [0.29, 0.717) is 0 Å². The third kappa shape index (κ3) is 12.8. The Kier molecular flexibility index (Phi) is 15.7. The second-order valence-electron chi connectivity index (χ2n) is 5.55. The molecule has 0 saturated heterocycles. The lowest BCUT2D eigenvalue weighted by atomic mass is 10.2. The van der Waals surface area contributed by atoms with Gasteiger partial charge in [-0.25, -0.2) is 0 Å². The van der Waals surface area contributed by atoms with Gasteiger partial charge in [0.05, 0.1) is 0 Å². The second kappa shape index (κ2) is 15.4. The molecule has 0 heterocycles. The maximum Gasteiger partial charge on any atom is 0.108 e. The van der Waals surface area contributed by atoms with Gasteiger partial charge in [0.15, 0.2) is 0 Å². The minimum Gasteiger partial charge on any atom is -0.0654 e.